The third-order valence-electron chi connectivity index (χ3n) is 1.29. The minimum Gasteiger partial charge on any atom is -0.377 e. The first-order chi connectivity index (χ1) is 3.63. The van der Waals surface area contributed by atoms with Crippen molar-refractivity contribution in [2.24, 2.45) is 0 Å². The highest BCUT2D eigenvalue weighted by molar-refractivity contribution is 7.92. The average Bonchev–Trinajstić information content (AvgIpc) is 1.86. The minimum atomic E-state index is -3.07. The Balaban J connectivity index is 2.85. The molecule has 0 aromatic rings. The van der Waals surface area contributed by atoms with Gasteiger partial charge in [0.25, 0.3) is 0 Å². The minimum absolute atomic E-state index is 0.161. The third-order valence-corrected chi connectivity index (χ3v) is 3.22. The van der Waals surface area contributed by atoms with Crippen LogP contribution in [0.15, 0.2) is 0 Å². The number of hydrogen-bond donors (Lipinski definition) is 1. The number of hydrogen-bond acceptors (Lipinski definition) is 3. The maximum absolute atomic E-state index is 10.5. The van der Waals surface area contributed by atoms with Crippen molar-refractivity contribution in [2.75, 3.05) is 5.75 Å². The van der Waals surface area contributed by atoms with E-state index in [1.54, 1.807) is 0 Å². The van der Waals surface area contributed by atoms with Crippen LogP contribution in [0, 0.1) is 0 Å². The Morgan fingerprint density at radius 3 is 2.25 bits per heavy atom. The second kappa shape index (κ2) is 1.70. The SMILES string of the molecule is O=S1(=O)CCC[C@H]1O. The van der Waals surface area contributed by atoms with E-state index in [1.807, 2.05) is 0 Å². The van der Waals surface area contributed by atoms with Crippen molar-refractivity contribution in [1.82, 2.24) is 0 Å². The Kier molecular flexibility index (Phi) is 1.28. The molecule has 1 atom stereocenters. The van der Waals surface area contributed by atoms with Gasteiger partial charge < -0.3 is 5.11 Å². The summed E-state index contributed by atoms with van der Waals surface area (Å²) in [4.78, 5) is 0. The zero-order valence-corrected chi connectivity index (χ0v) is 5.19. The molecule has 4 heteroatoms. The Labute approximate surface area is 48.2 Å². The molecule has 1 aliphatic rings. The van der Waals surface area contributed by atoms with Crippen molar-refractivity contribution in [3.63, 3.8) is 0 Å². The fourth-order valence-electron chi connectivity index (χ4n) is 0.775. The molecule has 0 aromatic heterocycles. The Morgan fingerprint density at radius 1 is 1.50 bits per heavy atom. The van der Waals surface area contributed by atoms with E-state index in [-0.39, 0.29) is 5.75 Å². The standard InChI is InChI=1S/C4H8O3S/c5-4-2-1-3-8(4,6)7/h4-5H,1-3H2/t4-/m0/s1. The van der Waals surface area contributed by atoms with E-state index in [2.05, 4.69) is 0 Å². The molecular formula is C4H8O3S. The first-order valence-electron chi connectivity index (χ1n) is 2.52. The molecule has 1 aliphatic heterocycles. The first-order valence-corrected chi connectivity index (χ1v) is 4.24. The molecule has 0 aromatic carbocycles. The Bertz CT molecular complexity index is 170. The molecule has 1 saturated heterocycles. The molecular weight excluding hydrogens is 128 g/mol. The first kappa shape index (κ1) is 6.04. The van der Waals surface area contributed by atoms with Crippen LogP contribution < -0.4 is 0 Å². The topological polar surface area (TPSA) is 54.4 Å². The highest BCUT2D eigenvalue weighted by Gasteiger charge is 2.28. The summed E-state index contributed by atoms with van der Waals surface area (Å²) < 4.78 is 21.0. The normalized spacial score (nSPS) is 35.4. The zero-order chi connectivity index (χ0) is 6.20. The summed E-state index contributed by atoms with van der Waals surface area (Å²) in [7, 11) is -3.07. The van der Waals surface area contributed by atoms with E-state index in [0.717, 1.165) is 0 Å². The van der Waals surface area contributed by atoms with E-state index in [1.165, 1.54) is 0 Å². The van der Waals surface area contributed by atoms with Crippen molar-refractivity contribution in [1.29, 1.82) is 0 Å². The molecule has 1 fully saturated rings. The predicted octanol–water partition coefficient (Wildman–Crippen LogP) is -0.487. The van der Waals surface area contributed by atoms with Crippen LogP contribution in [0.4, 0.5) is 0 Å². The van der Waals surface area contributed by atoms with E-state index in [0.29, 0.717) is 12.8 Å². The molecule has 0 saturated carbocycles. The lowest BCUT2D eigenvalue weighted by atomic mass is 10.4. The van der Waals surface area contributed by atoms with Crippen molar-refractivity contribution < 1.29 is 13.5 Å². The fourth-order valence-corrected chi connectivity index (χ4v) is 2.14. The monoisotopic (exact) mass is 136 g/mol. The van der Waals surface area contributed by atoms with Crippen molar-refractivity contribution in [2.45, 2.75) is 18.3 Å². The van der Waals surface area contributed by atoms with Crippen molar-refractivity contribution >= 4 is 9.84 Å². The molecule has 0 bridgehead atoms. The van der Waals surface area contributed by atoms with Gasteiger partial charge in [-0.15, -0.1) is 0 Å². The van der Waals surface area contributed by atoms with Crippen LogP contribution in [0.1, 0.15) is 12.8 Å². The average molecular weight is 136 g/mol. The molecule has 1 heterocycles. The molecule has 0 unspecified atom stereocenters. The van der Waals surface area contributed by atoms with Crippen LogP contribution in [0.2, 0.25) is 0 Å². The van der Waals surface area contributed by atoms with Crippen LogP contribution in [0.5, 0.6) is 0 Å². The predicted molar refractivity (Wildman–Crippen MR) is 29.0 cm³/mol. The van der Waals surface area contributed by atoms with Crippen LogP contribution >= 0.6 is 0 Å². The van der Waals surface area contributed by atoms with Gasteiger partial charge in [-0.3, -0.25) is 0 Å². The summed E-state index contributed by atoms with van der Waals surface area (Å²) in [6.07, 6.45) is 1.03. The van der Waals surface area contributed by atoms with Crippen LogP contribution in [0.3, 0.4) is 0 Å². The van der Waals surface area contributed by atoms with Gasteiger partial charge in [-0.25, -0.2) is 8.42 Å². The molecule has 0 aliphatic carbocycles. The van der Waals surface area contributed by atoms with E-state index < -0.39 is 15.3 Å². The van der Waals surface area contributed by atoms with Crippen LogP contribution in [-0.2, 0) is 9.84 Å². The summed E-state index contributed by atoms with van der Waals surface area (Å²) in [6.45, 7) is 0. The van der Waals surface area contributed by atoms with Gasteiger partial charge in [0.15, 0.2) is 15.3 Å². The summed E-state index contributed by atoms with van der Waals surface area (Å²) in [5.74, 6) is 0.161. The molecule has 1 N–H and O–H groups in total. The van der Waals surface area contributed by atoms with Gasteiger partial charge in [-0.2, -0.15) is 0 Å². The highest BCUT2D eigenvalue weighted by atomic mass is 32.2. The summed E-state index contributed by atoms with van der Waals surface area (Å²) in [6, 6.07) is 0. The molecule has 48 valence electrons. The maximum atomic E-state index is 10.5. The van der Waals surface area contributed by atoms with E-state index in [9.17, 15) is 8.42 Å². The molecule has 8 heavy (non-hydrogen) atoms. The quantitative estimate of drug-likeness (QED) is 0.489. The zero-order valence-electron chi connectivity index (χ0n) is 4.37. The maximum Gasteiger partial charge on any atom is 0.176 e. The molecule has 1 rings (SSSR count). The molecule has 0 amide bonds. The lowest BCUT2D eigenvalue weighted by Crippen LogP contribution is -2.13. The van der Waals surface area contributed by atoms with E-state index in [4.69, 9.17) is 5.11 Å². The van der Waals surface area contributed by atoms with Gasteiger partial charge in [-0.1, -0.05) is 0 Å². The highest BCUT2D eigenvalue weighted by Crippen LogP contribution is 2.16. The van der Waals surface area contributed by atoms with Crippen molar-refractivity contribution in [3.05, 3.63) is 0 Å². The molecule has 0 radical (unpaired) electrons. The lowest BCUT2D eigenvalue weighted by Gasteiger charge is -1.95. The summed E-state index contributed by atoms with van der Waals surface area (Å²) in [5.41, 5.74) is -1.07. The van der Waals surface area contributed by atoms with Crippen LogP contribution in [0.25, 0.3) is 0 Å². The lowest BCUT2D eigenvalue weighted by molar-refractivity contribution is 0.249. The largest absolute Gasteiger partial charge is 0.377 e. The second-order valence-electron chi connectivity index (χ2n) is 1.96. The Hall–Kier alpha value is -0.0900. The fraction of sp³-hybridized carbons (Fsp3) is 1.00. The Morgan fingerprint density at radius 2 is 2.12 bits per heavy atom. The molecule has 0 spiro atoms. The smallest absolute Gasteiger partial charge is 0.176 e. The van der Waals surface area contributed by atoms with Gasteiger partial charge in [0, 0.05) is 0 Å². The summed E-state index contributed by atoms with van der Waals surface area (Å²) >= 11 is 0. The van der Waals surface area contributed by atoms with E-state index >= 15 is 0 Å². The van der Waals surface area contributed by atoms with Gasteiger partial charge in [0.05, 0.1) is 5.75 Å². The second-order valence-corrected chi connectivity index (χ2v) is 4.24. The van der Waals surface area contributed by atoms with Gasteiger partial charge in [0.1, 0.15) is 0 Å². The van der Waals surface area contributed by atoms with Crippen molar-refractivity contribution in [3.8, 4) is 0 Å². The number of aliphatic hydroxyl groups excluding tert-OH is 1. The van der Waals surface area contributed by atoms with Gasteiger partial charge in [0.2, 0.25) is 0 Å². The third kappa shape index (κ3) is 0.855. The van der Waals surface area contributed by atoms with Gasteiger partial charge in [-0.05, 0) is 12.8 Å². The van der Waals surface area contributed by atoms with Crippen LogP contribution in [-0.4, -0.2) is 24.7 Å². The van der Waals surface area contributed by atoms with Gasteiger partial charge >= 0.3 is 0 Å². The number of sulfone groups is 1. The number of aliphatic hydroxyl groups is 1. The number of rotatable bonds is 0. The molecule has 3 nitrogen and oxygen atoms in total. The summed E-state index contributed by atoms with van der Waals surface area (Å²) in [5, 5.41) is 8.67.